The Morgan fingerprint density at radius 2 is 1.95 bits per heavy atom. The van der Waals surface area contributed by atoms with Gasteiger partial charge in [0.25, 0.3) is 0 Å². The number of rotatable bonds is 10. The third-order valence-electron chi connectivity index (χ3n) is 3.21. The second-order valence-corrected chi connectivity index (χ2v) is 6.07. The zero-order valence-electron chi connectivity index (χ0n) is 12.6. The highest BCUT2D eigenvalue weighted by atomic mass is 32.2. The van der Waals surface area contributed by atoms with Crippen LogP contribution in [-0.2, 0) is 6.42 Å². The van der Waals surface area contributed by atoms with E-state index < -0.39 is 0 Å². The van der Waals surface area contributed by atoms with Crippen molar-refractivity contribution in [2.45, 2.75) is 46.0 Å². The van der Waals surface area contributed by atoms with Gasteiger partial charge in [-0.15, -0.1) is 0 Å². The second-order valence-electron chi connectivity index (χ2n) is 5.26. The molecular formula is C17H25NOS. The lowest BCUT2D eigenvalue weighted by atomic mass is 10.0. The summed E-state index contributed by atoms with van der Waals surface area (Å²) in [6, 6.07) is 8.38. The lowest BCUT2D eigenvalue weighted by Crippen LogP contribution is -2.02. The van der Waals surface area contributed by atoms with E-state index in [0.717, 1.165) is 31.0 Å². The molecule has 0 amide bonds. The number of hydrogen-bond acceptors (Lipinski definition) is 3. The second kappa shape index (κ2) is 10.6. The van der Waals surface area contributed by atoms with Crippen LogP contribution in [0, 0.1) is 16.6 Å². The van der Waals surface area contributed by atoms with Gasteiger partial charge in [-0.25, -0.2) is 0 Å². The zero-order valence-corrected chi connectivity index (χ0v) is 13.4. The Kier molecular flexibility index (Phi) is 8.98. The number of thiocyanates is 1. The molecule has 1 rings (SSSR count). The van der Waals surface area contributed by atoms with Gasteiger partial charge in [-0.1, -0.05) is 45.2 Å². The van der Waals surface area contributed by atoms with Crippen LogP contribution in [0.2, 0.25) is 0 Å². The van der Waals surface area contributed by atoms with Gasteiger partial charge < -0.3 is 4.74 Å². The molecule has 0 aliphatic rings. The molecule has 1 aromatic rings. The van der Waals surface area contributed by atoms with E-state index in [1.165, 1.54) is 36.6 Å². The van der Waals surface area contributed by atoms with Gasteiger partial charge >= 0.3 is 0 Å². The first-order chi connectivity index (χ1) is 9.76. The van der Waals surface area contributed by atoms with Gasteiger partial charge in [0.2, 0.25) is 0 Å². The normalized spacial score (nSPS) is 11.8. The fourth-order valence-electron chi connectivity index (χ4n) is 2.08. The van der Waals surface area contributed by atoms with Crippen LogP contribution in [0.5, 0.6) is 5.75 Å². The van der Waals surface area contributed by atoms with Crippen LogP contribution in [0.3, 0.4) is 0 Å². The van der Waals surface area contributed by atoms with E-state index in [0.29, 0.717) is 5.92 Å². The van der Waals surface area contributed by atoms with Crippen LogP contribution >= 0.6 is 11.8 Å². The third-order valence-corrected chi connectivity index (χ3v) is 4.07. The summed E-state index contributed by atoms with van der Waals surface area (Å²) in [6.07, 6.45) is 5.96. The SMILES string of the molecule is CCCCCCOc1ccc(CC(C)CSC#N)cc1. The van der Waals surface area contributed by atoms with Crippen molar-refractivity contribution < 1.29 is 4.74 Å². The standard InChI is InChI=1S/C17H25NOS/c1-3-4-5-6-11-19-17-9-7-16(8-10-17)12-15(2)13-20-14-18/h7-10,15H,3-6,11-13H2,1-2H3. The topological polar surface area (TPSA) is 33.0 Å². The van der Waals surface area contributed by atoms with Crippen LogP contribution in [-0.4, -0.2) is 12.4 Å². The summed E-state index contributed by atoms with van der Waals surface area (Å²) in [5.41, 5.74) is 1.31. The molecule has 20 heavy (non-hydrogen) atoms. The monoisotopic (exact) mass is 291 g/mol. The highest BCUT2D eigenvalue weighted by Crippen LogP contribution is 2.17. The van der Waals surface area contributed by atoms with Crippen LogP contribution in [0.1, 0.15) is 45.1 Å². The highest BCUT2D eigenvalue weighted by Gasteiger charge is 2.04. The van der Waals surface area contributed by atoms with E-state index in [2.05, 4.69) is 43.5 Å². The van der Waals surface area contributed by atoms with Crippen molar-refractivity contribution >= 4 is 11.8 Å². The van der Waals surface area contributed by atoms with Gasteiger partial charge in [0, 0.05) is 5.75 Å². The number of hydrogen-bond donors (Lipinski definition) is 0. The molecular weight excluding hydrogens is 266 g/mol. The molecule has 110 valence electrons. The van der Waals surface area contributed by atoms with E-state index in [1.807, 2.05) is 0 Å². The Morgan fingerprint density at radius 3 is 2.60 bits per heavy atom. The maximum absolute atomic E-state index is 8.55. The number of benzene rings is 1. The lowest BCUT2D eigenvalue weighted by molar-refractivity contribution is 0.305. The Bertz CT molecular complexity index is 396. The molecule has 0 radical (unpaired) electrons. The smallest absolute Gasteiger partial charge is 0.133 e. The van der Waals surface area contributed by atoms with Crippen molar-refractivity contribution in [1.82, 2.24) is 0 Å². The summed E-state index contributed by atoms with van der Waals surface area (Å²) in [5.74, 6) is 2.39. The number of nitriles is 1. The fourth-order valence-corrected chi connectivity index (χ4v) is 2.56. The van der Waals surface area contributed by atoms with Crippen LogP contribution in [0.25, 0.3) is 0 Å². The van der Waals surface area contributed by atoms with Gasteiger partial charge in [-0.2, -0.15) is 5.26 Å². The molecule has 0 saturated carbocycles. The molecule has 0 fully saturated rings. The first-order valence-corrected chi connectivity index (χ1v) is 8.47. The Balaban J connectivity index is 2.27. The predicted molar refractivity (Wildman–Crippen MR) is 87.0 cm³/mol. The van der Waals surface area contributed by atoms with E-state index in [9.17, 15) is 0 Å². The fraction of sp³-hybridized carbons (Fsp3) is 0.588. The largest absolute Gasteiger partial charge is 0.494 e. The molecule has 1 atom stereocenters. The molecule has 0 aliphatic carbocycles. The average Bonchev–Trinajstić information content (AvgIpc) is 2.46. The Morgan fingerprint density at radius 1 is 1.20 bits per heavy atom. The first kappa shape index (κ1) is 16.9. The number of unbranched alkanes of at least 4 members (excludes halogenated alkanes) is 3. The Hall–Kier alpha value is -1.14. The van der Waals surface area contributed by atoms with Crippen LogP contribution in [0.4, 0.5) is 0 Å². The molecule has 0 bridgehead atoms. The molecule has 1 aromatic carbocycles. The summed E-state index contributed by atoms with van der Waals surface area (Å²) in [4.78, 5) is 0. The summed E-state index contributed by atoms with van der Waals surface area (Å²) >= 11 is 1.34. The lowest BCUT2D eigenvalue weighted by Gasteiger charge is -2.10. The Labute approximate surface area is 127 Å². The van der Waals surface area contributed by atoms with Crippen LogP contribution < -0.4 is 4.74 Å². The van der Waals surface area contributed by atoms with Crippen molar-refractivity contribution in [3.63, 3.8) is 0 Å². The van der Waals surface area contributed by atoms with Crippen molar-refractivity contribution in [2.75, 3.05) is 12.4 Å². The van der Waals surface area contributed by atoms with E-state index in [1.54, 1.807) is 0 Å². The highest BCUT2D eigenvalue weighted by molar-refractivity contribution is 8.03. The molecule has 1 unspecified atom stereocenters. The number of ether oxygens (including phenoxy) is 1. The van der Waals surface area contributed by atoms with Crippen molar-refractivity contribution in [3.05, 3.63) is 29.8 Å². The van der Waals surface area contributed by atoms with Gasteiger partial charge in [-0.05, 0) is 48.2 Å². The number of nitrogens with zero attached hydrogens (tertiary/aromatic N) is 1. The first-order valence-electron chi connectivity index (χ1n) is 7.49. The zero-order chi connectivity index (χ0) is 14.6. The van der Waals surface area contributed by atoms with Gasteiger partial charge in [-0.3, -0.25) is 0 Å². The average molecular weight is 291 g/mol. The molecule has 3 heteroatoms. The maximum atomic E-state index is 8.55. The van der Waals surface area contributed by atoms with E-state index in [4.69, 9.17) is 10.00 Å². The summed E-state index contributed by atoms with van der Waals surface area (Å²) in [7, 11) is 0. The molecule has 0 aliphatic heterocycles. The third kappa shape index (κ3) is 7.45. The minimum absolute atomic E-state index is 0.528. The van der Waals surface area contributed by atoms with Crippen molar-refractivity contribution in [1.29, 1.82) is 5.26 Å². The summed E-state index contributed by atoms with van der Waals surface area (Å²) < 4.78 is 5.73. The molecule has 0 saturated heterocycles. The molecule has 0 heterocycles. The van der Waals surface area contributed by atoms with Crippen molar-refractivity contribution in [3.8, 4) is 11.2 Å². The van der Waals surface area contributed by atoms with Crippen LogP contribution in [0.15, 0.2) is 24.3 Å². The minimum Gasteiger partial charge on any atom is -0.494 e. The summed E-state index contributed by atoms with van der Waals surface area (Å²) in [6.45, 7) is 5.22. The molecule has 0 N–H and O–H groups in total. The van der Waals surface area contributed by atoms with E-state index in [-0.39, 0.29) is 0 Å². The van der Waals surface area contributed by atoms with Gasteiger partial charge in [0.05, 0.1) is 6.61 Å². The molecule has 2 nitrogen and oxygen atoms in total. The quantitative estimate of drug-likeness (QED) is 0.447. The van der Waals surface area contributed by atoms with Crippen molar-refractivity contribution in [2.24, 2.45) is 5.92 Å². The summed E-state index contributed by atoms with van der Waals surface area (Å²) in [5, 5.41) is 10.7. The molecule has 0 aromatic heterocycles. The maximum Gasteiger partial charge on any atom is 0.133 e. The minimum atomic E-state index is 0.528. The number of thioether (sulfide) groups is 1. The van der Waals surface area contributed by atoms with E-state index >= 15 is 0 Å². The predicted octanol–water partition coefficient (Wildman–Crippen LogP) is 5.04. The van der Waals surface area contributed by atoms with Gasteiger partial charge in [0.1, 0.15) is 11.2 Å². The van der Waals surface area contributed by atoms with Gasteiger partial charge in [0.15, 0.2) is 0 Å². The molecule has 0 spiro atoms.